The second-order valence-electron chi connectivity index (χ2n) is 5.57. The van der Waals surface area contributed by atoms with Gasteiger partial charge >= 0.3 is 5.97 Å². The Hall–Kier alpha value is -3.21. The summed E-state index contributed by atoms with van der Waals surface area (Å²) in [5.74, 6) is 1.33. The van der Waals surface area contributed by atoms with Gasteiger partial charge in [-0.2, -0.15) is 0 Å². The van der Waals surface area contributed by atoms with Crippen molar-refractivity contribution in [1.82, 2.24) is 0 Å². The second-order valence-corrected chi connectivity index (χ2v) is 5.57. The van der Waals surface area contributed by atoms with Crippen LogP contribution in [0.3, 0.4) is 0 Å². The van der Waals surface area contributed by atoms with Gasteiger partial charge in [0.1, 0.15) is 0 Å². The topological polar surface area (TPSA) is 65.0 Å². The van der Waals surface area contributed by atoms with Crippen molar-refractivity contribution in [3.8, 4) is 23.0 Å². The van der Waals surface area contributed by atoms with Crippen LogP contribution < -0.4 is 14.2 Å². The molecule has 5 nitrogen and oxygen atoms in total. The molecule has 0 aliphatic carbocycles. The molecular weight excluding hydrogens is 344 g/mol. The molecule has 2 rings (SSSR count). The van der Waals surface area contributed by atoms with Crippen molar-refractivity contribution < 1.29 is 24.1 Å². The molecule has 0 unspecified atom stereocenters. The number of esters is 1. The maximum absolute atomic E-state index is 10.8. The Morgan fingerprint density at radius 3 is 1.93 bits per heavy atom. The zero-order valence-corrected chi connectivity index (χ0v) is 16.0. The minimum Gasteiger partial charge on any atom is -0.504 e. The molecule has 0 atom stereocenters. The highest BCUT2D eigenvalue weighted by Gasteiger charge is 2.07. The van der Waals surface area contributed by atoms with Crippen molar-refractivity contribution in [3.05, 3.63) is 72.8 Å². The van der Waals surface area contributed by atoms with E-state index in [4.69, 9.17) is 14.2 Å². The summed E-state index contributed by atoms with van der Waals surface area (Å²) in [5.41, 5.74) is 2.15. The first-order valence-corrected chi connectivity index (χ1v) is 8.38. The first-order chi connectivity index (χ1) is 12.9. The van der Waals surface area contributed by atoms with Crippen LogP contribution in [0.15, 0.2) is 61.7 Å². The maximum Gasteiger partial charge on any atom is 0.308 e. The van der Waals surface area contributed by atoms with Gasteiger partial charge in [-0.15, -0.1) is 13.2 Å². The second kappa shape index (κ2) is 11.4. The third-order valence-electron chi connectivity index (χ3n) is 3.49. The Labute approximate surface area is 160 Å². The van der Waals surface area contributed by atoms with E-state index in [-0.39, 0.29) is 11.7 Å². The first-order valence-electron chi connectivity index (χ1n) is 8.38. The van der Waals surface area contributed by atoms with Gasteiger partial charge in [0.2, 0.25) is 0 Å². The van der Waals surface area contributed by atoms with Gasteiger partial charge in [-0.25, -0.2) is 0 Å². The molecule has 144 valence electrons. The van der Waals surface area contributed by atoms with Crippen LogP contribution in [0.25, 0.3) is 0 Å². The van der Waals surface area contributed by atoms with E-state index in [2.05, 4.69) is 13.2 Å². The number of methoxy groups -OCH3 is 2. The van der Waals surface area contributed by atoms with Crippen molar-refractivity contribution in [2.24, 2.45) is 0 Å². The van der Waals surface area contributed by atoms with E-state index in [1.165, 1.54) is 14.0 Å². The molecular formula is C22H26O5. The van der Waals surface area contributed by atoms with E-state index in [0.29, 0.717) is 17.2 Å². The SMILES string of the molecule is C=CCc1ccc(O)c(OC)c1.C=CCc1ccc(OC(C)=O)c(OC)c1. The number of benzene rings is 2. The molecule has 2 aromatic rings. The van der Waals surface area contributed by atoms with Crippen LogP contribution in [0.4, 0.5) is 0 Å². The number of carbonyl (C=O) groups excluding carboxylic acids is 1. The number of allylic oxidation sites excluding steroid dienone is 2. The smallest absolute Gasteiger partial charge is 0.308 e. The van der Waals surface area contributed by atoms with Gasteiger partial charge in [0, 0.05) is 6.92 Å². The molecule has 5 heteroatoms. The molecule has 0 radical (unpaired) electrons. The number of hydrogen-bond acceptors (Lipinski definition) is 5. The Bertz CT molecular complexity index is 780. The van der Waals surface area contributed by atoms with Gasteiger partial charge in [0.15, 0.2) is 23.0 Å². The first kappa shape index (κ1) is 21.8. The van der Waals surface area contributed by atoms with Crippen LogP contribution in [0.2, 0.25) is 0 Å². The third kappa shape index (κ3) is 7.28. The average Bonchev–Trinajstić information content (AvgIpc) is 2.65. The molecule has 0 bridgehead atoms. The van der Waals surface area contributed by atoms with Gasteiger partial charge in [0.05, 0.1) is 14.2 Å². The Balaban J connectivity index is 0.000000277. The predicted molar refractivity (Wildman–Crippen MR) is 107 cm³/mol. The molecule has 0 saturated carbocycles. The van der Waals surface area contributed by atoms with Crippen LogP contribution in [0.1, 0.15) is 18.1 Å². The summed E-state index contributed by atoms with van der Waals surface area (Å²) in [7, 11) is 3.08. The van der Waals surface area contributed by atoms with Crippen LogP contribution in [-0.2, 0) is 17.6 Å². The summed E-state index contributed by atoms with van der Waals surface area (Å²) in [6.45, 7) is 8.64. The lowest BCUT2D eigenvalue weighted by Gasteiger charge is -2.08. The van der Waals surface area contributed by atoms with Crippen molar-refractivity contribution in [2.45, 2.75) is 19.8 Å². The average molecular weight is 370 g/mol. The summed E-state index contributed by atoms with van der Waals surface area (Å²) in [5, 5.41) is 9.25. The molecule has 1 N–H and O–H groups in total. The Morgan fingerprint density at radius 1 is 0.926 bits per heavy atom. The largest absolute Gasteiger partial charge is 0.504 e. The number of phenols is 1. The van der Waals surface area contributed by atoms with Crippen LogP contribution in [0, 0.1) is 0 Å². The van der Waals surface area contributed by atoms with E-state index in [0.717, 1.165) is 24.0 Å². The van der Waals surface area contributed by atoms with E-state index in [9.17, 15) is 9.90 Å². The zero-order valence-electron chi connectivity index (χ0n) is 16.0. The Kier molecular flexibility index (Phi) is 9.23. The van der Waals surface area contributed by atoms with Gasteiger partial charge in [-0.3, -0.25) is 4.79 Å². The molecule has 27 heavy (non-hydrogen) atoms. The molecule has 2 aromatic carbocycles. The van der Waals surface area contributed by atoms with Gasteiger partial charge < -0.3 is 19.3 Å². The summed E-state index contributed by atoms with van der Waals surface area (Å²) in [4.78, 5) is 10.8. The van der Waals surface area contributed by atoms with E-state index in [1.807, 2.05) is 24.3 Å². The lowest BCUT2D eigenvalue weighted by atomic mass is 10.1. The highest BCUT2D eigenvalue weighted by Crippen LogP contribution is 2.28. The molecule has 0 spiro atoms. The number of ether oxygens (including phenoxy) is 3. The van der Waals surface area contributed by atoms with E-state index in [1.54, 1.807) is 31.4 Å². The fraction of sp³-hybridized carbons (Fsp3) is 0.227. The highest BCUT2D eigenvalue weighted by molar-refractivity contribution is 5.70. The van der Waals surface area contributed by atoms with Crippen molar-refractivity contribution >= 4 is 5.97 Å². The van der Waals surface area contributed by atoms with E-state index >= 15 is 0 Å². The fourth-order valence-electron chi connectivity index (χ4n) is 2.26. The maximum atomic E-state index is 10.8. The number of phenolic OH excluding ortho intramolecular Hbond substituents is 1. The highest BCUT2D eigenvalue weighted by atomic mass is 16.6. The van der Waals surface area contributed by atoms with Crippen molar-refractivity contribution in [3.63, 3.8) is 0 Å². The fourth-order valence-corrected chi connectivity index (χ4v) is 2.26. The lowest BCUT2D eigenvalue weighted by molar-refractivity contribution is -0.132. The summed E-state index contributed by atoms with van der Waals surface area (Å²) in [6.07, 6.45) is 5.17. The minimum atomic E-state index is -0.357. The zero-order chi connectivity index (χ0) is 20.2. The van der Waals surface area contributed by atoms with Gasteiger partial charge in [-0.1, -0.05) is 24.3 Å². The van der Waals surface area contributed by atoms with Gasteiger partial charge in [0.25, 0.3) is 0 Å². The molecule has 0 amide bonds. The number of hydrogen-bond donors (Lipinski definition) is 1. The third-order valence-corrected chi connectivity index (χ3v) is 3.49. The van der Waals surface area contributed by atoms with E-state index < -0.39 is 0 Å². The van der Waals surface area contributed by atoms with Gasteiger partial charge in [-0.05, 0) is 48.2 Å². The number of aromatic hydroxyl groups is 1. The summed E-state index contributed by atoms with van der Waals surface area (Å²) >= 11 is 0. The van der Waals surface area contributed by atoms with Crippen LogP contribution >= 0.6 is 0 Å². The summed E-state index contributed by atoms with van der Waals surface area (Å²) in [6, 6.07) is 10.7. The van der Waals surface area contributed by atoms with Crippen molar-refractivity contribution in [1.29, 1.82) is 0 Å². The molecule has 0 aliphatic rings. The summed E-state index contributed by atoms with van der Waals surface area (Å²) < 4.78 is 15.0. The molecule has 0 aliphatic heterocycles. The molecule has 0 heterocycles. The molecule has 0 saturated heterocycles. The monoisotopic (exact) mass is 370 g/mol. The van der Waals surface area contributed by atoms with Crippen LogP contribution in [-0.4, -0.2) is 25.3 Å². The van der Waals surface area contributed by atoms with Crippen molar-refractivity contribution in [2.75, 3.05) is 14.2 Å². The predicted octanol–water partition coefficient (Wildman–Crippen LogP) is 4.48. The Morgan fingerprint density at radius 2 is 1.44 bits per heavy atom. The molecule has 0 fully saturated rings. The normalized spacial score (nSPS) is 9.44. The molecule has 0 aromatic heterocycles. The quantitative estimate of drug-likeness (QED) is 0.442. The minimum absolute atomic E-state index is 0.172. The lowest BCUT2D eigenvalue weighted by Crippen LogP contribution is -2.03. The standard InChI is InChI=1S/C12H14O3.C10H12O2/c1-4-5-10-6-7-11(15-9(2)13)12(8-10)14-3;1-3-4-8-5-6-9(11)10(7-8)12-2/h4,6-8H,1,5H2,2-3H3;3,5-7,11H,1,4H2,2H3. The number of rotatable bonds is 7. The van der Waals surface area contributed by atoms with Crippen LogP contribution in [0.5, 0.6) is 23.0 Å². The number of carbonyl (C=O) groups is 1.